The Kier molecular flexibility index (Phi) is 6.62. The summed E-state index contributed by atoms with van der Waals surface area (Å²) in [7, 11) is 0. The zero-order chi connectivity index (χ0) is 14.1. The lowest BCUT2D eigenvalue weighted by Gasteiger charge is -2.16. The number of amides is 1. The third kappa shape index (κ3) is 4.72. The van der Waals surface area contributed by atoms with Gasteiger partial charge < -0.3 is 11.1 Å². The van der Waals surface area contributed by atoms with Gasteiger partial charge in [-0.15, -0.1) is 0 Å². The lowest BCUT2D eigenvalue weighted by molar-refractivity contribution is 0.0933. The van der Waals surface area contributed by atoms with Crippen molar-refractivity contribution in [1.29, 1.82) is 0 Å². The average molecular weight is 259 g/mol. The van der Waals surface area contributed by atoms with Crippen molar-refractivity contribution in [2.24, 2.45) is 5.73 Å². The van der Waals surface area contributed by atoms with Gasteiger partial charge in [-0.2, -0.15) is 0 Å². The Labute approximate surface area is 114 Å². The number of carbonyl (C=O) groups is 1. The van der Waals surface area contributed by atoms with Crippen LogP contribution in [-0.4, -0.2) is 23.5 Å². The molecule has 0 aliphatic rings. The maximum Gasteiger partial charge on any atom is 0.252 e. The molecule has 0 aliphatic heterocycles. The van der Waals surface area contributed by atoms with Crippen molar-refractivity contribution >= 4 is 5.91 Å². The molecule has 0 aromatic carbocycles. The fourth-order valence-electron chi connectivity index (χ4n) is 1.83. The fourth-order valence-corrected chi connectivity index (χ4v) is 1.83. The molecule has 0 bridgehead atoms. The molecule has 1 unspecified atom stereocenters. The molecule has 0 saturated carbocycles. The fraction of sp³-hybridized carbons (Fsp3) is 0.467. The molecule has 1 aromatic rings. The van der Waals surface area contributed by atoms with E-state index in [1.165, 1.54) is 0 Å². The minimum atomic E-state index is -0.0935. The van der Waals surface area contributed by atoms with E-state index in [2.05, 4.69) is 36.0 Å². The molecule has 0 saturated heterocycles. The van der Waals surface area contributed by atoms with Gasteiger partial charge in [0.05, 0.1) is 17.7 Å². The van der Waals surface area contributed by atoms with Crippen molar-refractivity contribution in [2.75, 3.05) is 6.54 Å². The molecule has 0 fully saturated rings. The Morgan fingerprint density at radius 3 is 2.95 bits per heavy atom. The Morgan fingerprint density at radius 1 is 1.53 bits per heavy atom. The predicted octanol–water partition coefficient (Wildman–Crippen LogP) is 1.70. The van der Waals surface area contributed by atoms with Crippen LogP contribution >= 0.6 is 0 Å². The van der Waals surface area contributed by atoms with E-state index in [0.717, 1.165) is 19.3 Å². The summed E-state index contributed by atoms with van der Waals surface area (Å²) in [6.07, 6.45) is 6.15. The molecular formula is C15H21N3O. The normalized spacial score (nSPS) is 11.3. The maximum atomic E-state index is 12.2. The van der Waals surface area contributed by atoms with Gasteiger partial charge in [-0.05, 0) is 18.9 Å². The second-order valence-electron chi connectivity index (χ2n) is 4.29. The summed E-state index contributed by atoms with van der Waals surface area (Å²) in [6.45, 7) is 4.45. The summed E-state index contributed by atoms with van der Waals surface area (Å²) in [6, 6.07) is 1.90. The first-order valence-corrected chi connectivity index (χ1v) is 6.66. The predicted molar refractivity (Wildman–Crippen MR) is 76.6 cm³/mol. The lowest BCUT2D eigenvalue weighted by atomic mass is 10.1. The van der Waals surface area contributed by atoms with Crippen LogP contribution < -0.4 is 11.1 Å². The SMILES string of the molecule is CCCC(CC)NC(=O)c1ccncc1C#CCN. The Hall–Kier alpha value is -1.86. The molecule has 4 nitrogen and oxygen atoms in total. The largest absolute Gasteiger partial charge is 0.349 e. The molecular weight excluding hydrogens is 238 g/mol. The van der Waals surface area contributed by atoms with E-state index >= 15 is 0 Å². The van der Waals surface area contributed by atoms with Crippen molar-refractivity contribution in [3.05, 3.63) is 29.6 Å². The number of hydrogen-bond donors (Lipinski definition) is 2. The number of nitrogens with two attached hydrogens (primary N) is 1. The van der Waals surface area contributed by atoms with Crippen molar-refractivity contribution in [1.82, 2.24) is 10.3 Å². The highest BCUT2D eigenvalue weighted by molar-refractivity contribution is 5.96. The number of nitrogens with one attached hydrogen (secondary N) is 1. The van der Waals surface area contributed by atoms with Crippen LogP contribution in [0.5, 0.6) is 0 Å². The highest BCUT2D eigenvalue weighted by atomic mass is 16.1. The molecule has 1 rings (SSSR count). The van der Waals surface area contributed by atoms with Crippen LogP contribution in [-0.2, 0) is 0 Å². The minimum Gasteiger partial charge on any atom is -0.349 e. The van der Waals surface area contributed by atoms with E-state index in [-0.39, 0.29) is 18.5 Å². The van der Waals surface area contributed by atoms with Gasteiger partial charge in [0.1, 0.15) is 0 Å². The first-order valence-electron chi connectivity index (χ1n) is 6.66. The summed E-state index contributed by atoms with van der Waals surface area (Å²) >= 11 is 0. The molecule has 4 heteroatoms. The van der Waals surface area contributed by atoms with Gasteiger partial charge in [-0.3, -0.25) is 9.78 Å². The number of nitrogens with zero attached hydrogens (tertiary/aromatic N) is 1. The van der Waals surface area contributed by atoms with Crippen LogP contribution in [0.4, 0.5) is 0 Å². The quantitative estimate of drug-likeness (QED) is 0.791. The van der Waals surface area contributed by atoms with Crippen molar-refractivity contribution in [3.63, 3.8) is 0 Å². The van der Waals surface area contributed by atoms with E-state index in [1.807, 2.05) is 0 Å². The molecule has 1 amide bonds. The summed E-state index contributed by atoms with van der Waals surface area (Å²) in [4.78, 5) is 16.2. The summed E-state index contributed by atoms with van der Waals surface area (Å²) in [5.74, 6) is 5.54. The van der Waals surface area contributed by atoms with Crippen LogP contribution in [0.25, 0.3) is 0 Å². The summed E-state index contributed by atoms with van der Waals surface area (Å²) in [5.41, 5.74) is 6.53. The van der Waals surface area contributed by atoms with Crippen LogP contribution in [0.2, 0.25) is 0 Å². The van der Waals surface area contributed by atoms with Gasteiger partial charge in [0, 0.05) is 18.4 Å². The number of pyridine rings is 1. The molecule has 1 aromatic heterocycles. The van der Waals surface area contributed by atoms with E-state index in [4.69, 9.17) is 5.73 Å². The summed E-state index contributed by atoms with van der Waals surface area (Å²) in [5, 5.41) is 3.03. The zero-order valence-electron chi connectivity index (χ0n) is 11.6. The van der Waals surface area contributed by atoms with Crippen molar-refractivity contribution < 1.29 is 4.79 Å². The van der Waals surface area contributed by atoms with Gasteiger partial charge in [-0.25, -0.2) is 0 Å². The molecule has 0 spiro atoms. The van der Waals surface area contributed by atoms with Crippen LogP contribution in [0.1, 0.15) is 49.0 Å². The number of carbonyl (C=O) groups excluding carboxylic acids is 1. The molecule has 19 heavy (non-hydrogen) atoms. The highest BCUT2D eigenvalue weighted by Crippen LogP contribution is 2.08. The monoisotopic (exact) mass is 259 g/mol. The Balaban J connectivity index is 2.87. The Morgan fingerprint density at radius 2 is 2.32 bits per heavy atom. The molecule has 1 atom stereocenters. The van der Waals surface area contributed by atoms with Gasteiger partial charge in [-0.1, -0.05) is 32.1 Å². The van der Waals surface area contributed by atoms with Crippen LogP contribution in [0, 0.1) is 11.8 Å². The maximum absolute atomic E-state index is 12.2. The van der Waals surface area contributed by atoms with Crippen molar-refractivity contribution in [3.8, 4) is 11.8 Å². The molecule has 0 radical (unpaired) electrons. The molecule has 3 N–H and O–H groups in total. The molecule has 102 valence electrons. The topological polar surface area (TPSA) is 68.0 Å². The highest BCUT2D eigenvalue weighted by Gasteiger charge is 2.14. The van der Waals surface area contributed by atoms with Crippen LogP contribution in [0.15, 0.2) is 18.5 Å². The van der Waals surface area contributed by atoms with Gasteiger partial charge in [0.25, 0.3) is 5.91 Å². The minimum absolute atomic E-state index is 0.0935. The van der Waals surface area contributed by atoms with E-state index in [9.17, 15) is 4.79 Å². The summed E-state index contributed by atoms with van der Waals surface area (Å²) < 4.78 is 0. The average Bonchev–Trinajstić information content (AvgIpc) is 2.44. The molecule has 0 aliphatic carbocycles. The lowest BCUT2D eigenvalue weighted by Crippen LogP contribution is -2.34. The van der Waals surface area contributed by atoms with Gasteiger partial charge >= 0.3 is 0 Å². The van der Waals surface area contributed by atoms with Crippen molar-refractivity contribution in [2.45, 2.75) is 39.2 Å². The molecule has 1 heterocycles. The van der Waals surface area contributed by atoms with Crippen LogP contribution in [0.3, 0.4) is 0 Å². The van der Waals surface area contributed by atoms with E-state index in [1.54, 1.807) is 18.5 Å². The number of hydrogen-bond acceptors (Lipinski definition) is 3. The van der Waals surface area contributed by atoms with Gasteiger partial charge in [0.2, 0.25) is 0 Å². The second kappa shape index (κ2) is 8.28. The smallest absolute Gasteiger partial charge is 0.252 e. The van der Waals surface area contributed by atoms with E-state index < -0.39 is 0 Å². The zero-order valence-corrected chi connectivity index (χ0v) is 11.6. The third-order valence-corrected chi connectivity index (χ3v) is 2.86. The second-order valence-corrected chi connectivity index (χ2v) is 4.29. The number of aromatic nitrogens is 1. The first-order chi connectivity index (χ1) is 9.22. The van der Waals surface area contributed by atoms with Gasteiger partial charge in [0.15, 0.2) is 0 Å². The van der Waals surface area contributed by atoms with E-state index in [0.29, 0.717) is 11.1 Å². The third-order valence-electron chi connectivity index (χ3n) is 2.86. The first kappa shape index (κ1) is 15.2. The number of rotatable bonds is 5. The Bertz CT molecular complexity index is 474. The standard InChI is InChI=1S/C15H21N3O/c1-3-6-13(4-2)18-15(19)14-8-10-17-11-12(14)7-5-9-16/h8,10-11,13H,3-4,6,9,16H2,1-2H3,(H,18,19).